The maximum Gasteiger partial charge on any atom is 0.253 e. The minimum Gasteiger partial charge on any atom is -0.364 e. The third-order valence-electron chi connectivity index (χ3n) is 4.14. The highest BCUT2D eigenvalue weighted by molar-refractivity contribution is 5.93. The van der Waals surface area contributed by atoms with E-state index in [-0.39, 0.29) is 30.2 Å². The molecule has 0 aliphatic heterocycles. The molecule has 1 atom stereocenters. The average molecular weight is 383 g/mol. The van der Waals surface area contributed by atoms with E-state index in [9.17, 15) is 9.18 Å². The van der Waals surface area contributed by atoms with Crippen molar-refractivity contribution in [3.63, 3.8) is 0 Å². The van der Waals surface area contributed by atoms with Crippen LogP contribution in [-0.4, -0.2) is 21.0 Å². The number of benzene rings is 1. The lowest BCUT2D eigenvalue weighted by Crippen LogP contribution is -2.23. The highest BCUT2D eigenvalue weighted by Gasteiger charge is 2.12. The van der Waals surface area contributed by atoms with E-state index in [1.54, 1.807) is 24.3 Å². The lowest BCUT2D eigenvalue weighted by molar-refractivity contribution is 0.0949. The maximum atomic E-state index is 13.0. The number of carbonyl (C=O) groups excluding carboxylic acids is 1. The molecule has 146 valence electrons. The normalized spacial score (nSPS) is 12.0. The molecule has 28 heavy (non-hydrogen) atoms. The molecule has 0 saturated carbocycles. The van der Waals surface area contributed by atoms with Gasteiger partial charge in [0.15, 0.2) is 5.82 Å². The molecular formula is C20H22FN5O2. The topological polar surface area (TPSA) is 92.9 Å². The summed E-state index contributed by atoms with van der Waals surface area (Å²) in [6, 6.07) is 9.62. The lowest BCUT2D eigenvalue weighted by Gasteiger charge is -2.15. The van der Waals surface area contributed by atoms with Crippen LogP contribution in [0.3, 0.4) is 0 Å². The van der Waals surface area contributed by atoms with E-state index < -0.39 is 0 Å². The van der Waals surface area contributed by atoms with E-state index in [2.05, 4.69) is 25.8 Å². The van der Waals surface area contributed by atoms with Crippen molar-refractivity contribution in [3.05, 3.63) is 71.3 Å². The Kier molecular flexibility index (Phi) is 5.98. The van der Waals surface area contributed by atoms with Gasteiger partial charge >= 0.3 is 0 Å². The van der Waals surface area contributed by atoms with E-state index in [1.807, 2.05) is 20.8 Å². The molecular weight excluding hydrogens is 361 g/mol. The van der Waals surface area contributed by atoms with E-state index in [1.165, 1.54) is 18.3 Å². The first-order chi connectivity index (χ1) is 13.4. The molecule has 3 rings (SSSR count). The Morgan fingerprint density at radius 1 is 1.14 bits per heavy atom. The van der Waals surface area contributed by atoms with E-state index in [0.29, 0.717) is 23.1 Å². The predicted octanol–water partition coefficient (Wildman–Crippen LogP) is 3.83. The van der Waals surface area contributed by atoms with Crippen molar-refractivity contribution < 1.29 is 13.7 Å². The van der Waals surface area contributed by atoms with Crippen LogP contribution in [0.25, 0.3) is 0 Å². The maximum absolute atomic E-state index is 13.0. The molecule has 2 N–H and O–H groups in total. The summed E-state index contributed by atoms with van der Waals surface area (Å²) in [5, 5.41) is 9.79. The number of nitrogens with zero attached hydrogens (tertiary/aromatic N) is 3. The number of hydrogen-bond acceptors (Lipinski definition) is 6. The van der Waals surface area contributed by atoms with Crippen LogP contribution in [0.5, 0.6) is 0 Å². The zero-order valence-electron chi connectivity index (χ0n) is 15.9. The number of anilines is 1. The van der Waals surface area contributed by atoms with E-state index in [0.717, 1.165) is 5.56 Å². The van der Waals surface area contributed by atoms with Gasteiger partial charge < -0.3 is 15.2 Å². The largest absolute Gasteiger partial charge is 0.364 e. The van der Waals surface area contributed by atoms with Crippen LogP contribution in [-0.2, 0) is 6.54 Å². The molecule has 0 saturated heterocycles. The van der Waals surface area contributed by atoms with Gasteiger partial charge in [0.25, 0.3) is 5.91 Å². The first kappa shape index (κ1) is 19.5. The number of aromatic nitrogens is 3. The van der Waals surface area contributed by atoms with Crippen molar-refractivity contribution in [2.45, 2.75) is 39.3 Å². The number of halogens is 1. The Bertz CT molecular complexity index is 923. The Labute approximate surface area is 162 Å². The second kappa shape index (κ2) is 8.60. The number of nitrogens with one attached hydrogen (secondary N) is 2. The highest BCUT2D eigenvalue weighted by atomic mass is 19.1. The standard InChI is InChI=1S/C20H22FN5O2/c1-12(2)20-25-18(26-28-20)11-23-19(27)15-6-9-17(22-10-15)24-13(3)14-4-7-16(21)8-5-14/h4-10,12-13H,11H2,1-3H3,(H,22,24)(H,23,27)/t13-/m1/s1. The molecule has 8 heteroatoms. The van der Waals surface area contributed by atoms with Crippen LogP contribution < -0.4 is 10.6 Å². The molecule has 0 spiro atoms. The fraction of sp³-hybridized carbons (Fsp3) is 0.300. The molecule has 2 heterocycles. The minimum absolute atomic E-state index is 0.0545. The number of carbonyl (C=O) groups is 1. The van der Waals surface area contributed by atoms with Crippen LogP contribution in [0.1, 0.15) is 60.4 Å². The summed E-state index contributed by atoms with van der Waals surface area (Å²) in [6.45, 7) is 6.03. The van der Waals surface area contributed by atoms with E-state index in [4.69, 9.17) is 4.52 Å². The molecule has 0 unspecified atom stereocenters. The summed E-state index contributed by atoms with van der Waals surface area (Å²) >= 11 is 0. The molecule has 0 fully saturated rings. The molecule has 7 nitrogen and oxygen atoms in total. The van der Waals surface area contributed by atoms with Crippen LogP contribution in [0.15, 0.2) is 47.1 Å². The second-order valence-electron chi connectivity index (χ2n) is 6.74. The SMILES string of the molecule is CC(C)c1nc(CNC(=O)c2ccc(N[C@H](C)c3ccc(F)cc3)nc2)no1. The van der Waals surface area contributed by atoms with Crippen LogP contribution in [0, 0.1) is 5.82 Å². The van der Waals surface area contributed by atoms with Gasteiger partial charge in [0.05, 0.1) is 12.1 Å². The van der Waals surface area contributed by atoms with Crippen LogP contribution in [0.4, 0.5) is 10.2 Å². The van der Waals surface area contributed by atoms with Crippen molar-refractivity contribution in [1.82, 2.24) is 20.4 Å². The summed E-state index contributed by atoms with van der Waals surface area (Å²) in [5.74, 6) is 1.17. The Balaban J connectivity index is 1.55. The smallest absolute Gasteiger partial charge is 0.253 e. The molecule has 0 bridgehead atoms. The fourth-order valence-corrected chi connectivity index (χ4v) is 2.51. The Morgan fingerprint density at radius 3 is 2.50 bits per heavy atom. The van der Waals surface area contributed by atoms with E-state index >= 15 is 0 Å². The fourth-order valence-electron chi connectivity index (χ4n) is 2.51. The van der Waals surface area contributed by atoms with Gasteiger partial charge in [-0.3, -0.25) is 4.79 Å². The van der Waals surface area contributed by atoms with Gasteiger partial charge in [-0.15, -0.1) is 0 Å². The van der Waals surface area contributed by atoms with Crippen molar-refractivity contribution >= 4 is 11.7 Å². The van der Waals surface area contributed by atoms with Crippen molar-refractivity contribution in [2.24, 2.45) is 0 Å². The second-order valence-corrected chi connectivity index (χ2v) is 6.74. The first-order valence-electron chi connectivity index (χ1n) is 9.01. The number of rotatable bonds is 7. The predicted molar refractivity (Wildman–Crippen MR) is 102 cm³/mol. The highest BCUT2D eigenvalue weighted by Crippen LogP contribution is 2.18. The lowest BCUT2D eigenvalue weighted by atomic mass is 10.1. The summed E-state index contributed by atoms with van der Waals surface area (Å²) in [6.07, 6.45) is 1.49. The van der Waals surface area contributed by atoms with Gasteiger partial charge in [0.1, 0.15) is 11.6 Å². The van der Waals surface area contributed by atoms with Crippen LogP contribution in [0.2, 0.25) is 0 Å². The summed E-state index contributed by atoms with van der Waals surface area (Å²) in [4.78, 5) is 20.7. The monoisotopic (exact) mass is 383 g/mol. The quantitative estimate of drug-likeness (QED) is 0.644. The van der Waals surface area contributed by atoms with Crippen LogP contribution >= 0.6 is 0 Å². The third-order valence-corrected chi connectivity index (χ3v) is 4.14. The average Bonchev–Trinajstić information content (AvgIpc) is 3.16. The van der Waals surface area contributed by atoms with Gasteiger partial charge in [-0.25, -0.2) is 9.37 Å². The third kappa shape index (κ3) is 4.91. The molecule has 1 aromatic carbocycles. The van der Waals surface area contributed by atoms with Gasteiger partial charge in [-0.2, -0.15) is 4.98 Å². The van der Waals surface area contributed by atoms with Crippen molar-refractivity contribution in [3.8, 4) is 0 Å². The molecule has 2 aromatic heterocycles. The Morgan fingerprint density at radius 2 is 1.89 bits per heavy atom. The molecule has 0 aliphatic rings. The molecule has 1 amide bonds. The molecule has 0 radical (unpaired) electrons. The zero-order chi connectivity index (χ0) is 20.1. The van der Waals surface area contributed by atoms with Crippen molar-refractivity contribution in [1.29, 1.82) is 0 Å². The van der Waals surface area contributed by atoms with Gasteiger partial charge in [-0.1, -0.05) is 31.1 Å². The summed E-state index contributed by atoms with van der Waals surface area (Å²) in [7, 11) is 0. The molecule has 0 aliphatic carbocycles. The number of amides is 1. The van der Waals surface area contributed by atoms with Gasteiger partial charge in [-0.05, 0) is 36.8 Å². The molecule has 3 aromatic rings. The number of hydrogen-bond donors (Lipinski definition) is 2. The summed E-state index contributed by atoms with van der Waals surface area (Å²) < 4.78 is 18.1. The summed E-state index contributed by atoms with van der Waals surface area (Å²) in [5.41, 5.74) is 1.36. The Hall–Kier alpha value is -3.29. The zero-order valence-corrected chi connectivity index (χ0v) is 15.9. The number of pyridine rings is 1. The van der Waals surface area contributed by atoms with Crippen molar-refractivity contribution in [2.75, 3.05) is 5.32 Å². The van der Waals surface area contributed by atoms with Gasteiger partial charge in [0.2, 0.25) is 5.89 Å². The first-order valence-corrected chi connectivity index (χ1v) is 9.01. The minimum atomic E-state index is -0.276. The van der Waals surface area contributed by atoms with Gasteiger partial charge in [0, 0.05) is 18.2 Å².